The van der Waals surface area contributed by atoms with E-state index >= 15 is 0 Å². The Morgan fingerprint density at radius 1 is 1.36 bits per heavy atom. The molecule has 0 bridgehead atoms. The van der Waals surface area contributed by atoms with E-state index in [1.54, 1.807) is 12.1 Å². The number of hydrogen-bond donors (Lipinski definition) is 2. The first-order valence-corrected chi connectivity index (χ1v) is 3.74. The molecule has 0 unspecified atom stereocenters. The number of benzene rings is 1. The highest BCUT2D eigenvalue weighted by atomic mass is 16.1. The Morgan fingerprint density at radius 2 is 2.07 bits per heavy atom. The zero-order valence-electron chi connectivity index (χ0n) is 7.24. The van der Waals surface area contributed by atoms with Crippen LogP contribution in [0.4, 0.5) is 5.69 Å². The lowest BCUT2D eigenvalue weighted by atomic mass is 10.1. The fourth-order valence-corrected chi connectivity index (χ4v) is 0.892. The smallest absolute Gasteiger partial charge is 0.293 e. The van der Waals surface area contributed by atoms with Gasteiger partial charge in [-0.1, -0.05) is 5.92 Å². The summed E-state index contributed by atoms with van der Waals surface area (Å²) in [5.74, 6) is 3.91. The molecule has 0 fully saturated rings. The Kier molecular flexibility index (Phi) is 2.73. The third kappa shape index (κ3) is 2.26. The van der Waals surface area contributed by atoms with Crippen molar-refractivity contribution in [3.05, 3.63) is 29.3 Å². The van der Waals surface area contributed by atoms with Gasteiger partial charge in [0.05, 0.1) is 5.56 Å². The van der Waals surface area contributed by atoms with Gasteiger partial charge in [-0.3, -0.25) is 4.79 Å². The Labute approximate surface area is 81.1 Å². The Morgan fingerprint density at radius 3 is 2.64 bits per heavy atom. The molecule has 0 aliphatic rings. The van der Waals surface area contributed by atoms with Gasteiger partial charge in [-0.2, -0.15) is 5.26 Å². The van der Waals surface area contributed by atoms with Crippen LogP contribution >= 0.6 is 0 Å². The summed E-state index contributed by atoms with van der Waals surface area (Å²) >= 11 is 0. The molecule has 4 heteroatoms. The summed E-state index contributed by atoms with van der Waals surface area (Å²) in [6.07, 6.45) is 0. The maximum atomic E-state index is 10.4. The molecule has 4 N–H and O–H groups in total. The number of carbonyl (C=O) groups is 1. The molecule has 0 aliphatic carbocycles. The van der Waals surface area contributed by atoms with E-state index in [-0.39, 0.29) is 0 Å². The number of nitrogens with two attached hydrogens (primary N) is 2. The summed E-state index contributed by atoms with van der Waals surface area (Å²) in [5.41, 5.74) is 11.6. The normalized spacial score (nSPS) is 8.21. The fourth-order valence-electron chi connectivity index (χ4n) is 0.892. The van der Waals surface area contributed by atoms with E-state index in [1.165, 1.54) is 6.07 Å². The summed E-state index contributed by atoms with van der Waals surface area (Å²) in [6.45, 7) is 0. The van der Waals surface area contributed by atoms with Crippen LogP contribution in [-0.2, 0) is 4.79 Å². The molecule has 1 aromatic rings. The SMILES string of the molecule is N#Cc1cc(N)ccc1C#CC(N)=O. The molecule has 4 nitrogen and oxygen atoms in total. The molecule has 0 saturated heterocycles. The minimum absolute atomic E-state index is 0.332. The van der Waals surface area contributed by atoms with Gasteiger partial charge in [0.25, 0.3) is 5.91 Å². The van der Waals surface area contributed by atoms with Crippen molar-refractivity contribution in [3.63, 3.8) is 0 Å². The molecule has 0 radical (unpaired) electrons. The molecule has 0 heterocycles. The summed E-state index contributed by atoms with van der Waals surface area (Å²) in [5, 5.41) is 8.72. The lowest BCUT2D eigenvalue weighted by Crippen LogP contribution is -2.06. The van der Waals surface area contributed by atoms with Crippen molar-refractivity contribution in [2.75, 3.05) is 5.73 Å². The number of hydrogen-bond acceptors (Lipinski definition) is 3. The molecule has 1 rings (SSSR count). The Hall–Kier alpha value is -2.46. The van der Waals surface area contributed by atoms with Crippen LogP contribution in [0, 0.1) is 23.2 Å². The fraction of sp³-hybridized carbons (Fsp3) is 0. The molecule has 14 heavy (non-hydrogen) atoms. The van der Waals surface area contributed by atoms with E-state index in [2.05, 4.69) is 11.8 Å². The molecule has 0 aliphatic heterocycles. The second kappa shape index (κ2) is 3.97. The van der Waals surface area contributed by atoms with Crippen LogP contribution < -0.4 is 11.5 Å². The lowest BCUT2D eigenvalue weighted by molar-refractivity contribution is -0.112. The van der Waals surface area contributed by atoms with E-state index in [1.807, 2.05) is 6.07 Å². The van der Waals surface area contributed by atoms with Gasteiger partial charge in [-0.05, 0) is 18.2 Å². The van der Waals surface area contributed by atoms with E-state index in [4.69, 9.17) is 16.7 Å². The molecular weight excluding hydrogens is 178 g/mol. The average Bonchev–Trinajstić information content (AvgIpc) is 2.15. The minimum atomic E-state index is -0.731. The first-order chi connectivity index (χ1) is 6.63. The summed E-state index contributed by atoms with van der Waals surface area (Å²) < 4.78 is 0. The number of nitrogens with zero attached hydrogens (tertiary/aromatic N) is 1. The number of amides is 1. The molecule has 0 saturated carbocycles. The monoisotopic (exact) mass is 185 g/mol. The van der Waals surface area contributed by atoms with Crippen molar-refractivity contribution >= 4 is 11.6 Å². The maximum Gasteiger partial charge on any atom is 0.293 e. The number of carbonyl (C=O) groups excluding carboxylic acids is 1. The molecule has 1 aromatic carbocycles. The highest BCUT2D eigenvalue weighted by Gasteiger charge is 1.98. The van der Waals surface area contributed by atoms with Crippen molar-refractivity contribution < 1.29 is 4.79 Å². The van der Waals surface area contributed by atoms with Gasteiger partial charge in [-0.25, -0.2) is 0 Å². The largest absolute Gasteiger partial charge is 0.399 e. The lowest BCUT2D eigenvalue weighted by Gasteiger charge is -1.96. The molecular formula is C10H7N3O. The highest BCUT2D eigenvalue weighted by Crippen LogP contribution is 2.11. The Bertz CT molecular complexity index is 474. The zero-order chi connectivity index (χ0) is 10.6. The number of nitriles is 1. The Balaban J connectivity index is 3.19. The number of primary amides is 1. The predicted molar refractivity (Wildman–Crippen MR) is 51.6 cm³/mol. The maximum absolute atomic E-state index is 10.4. The highest BCUT2D eigenvalue weighted by molar-refractivity contribution is 5.92. The second-order valence-electron chi connectivity index (χ2n) is 2.53. The number of rotatable bonds is 0. The summed E-state index contributed by atoms with van der Waals surface area (Å²) in [6, 6.07) is 6.59. The van der Waals surface area contributed by atoms with E-state index in [0.29, 0.717) is 16.8 Å². The van der Waals surface area contributed by atoms with Gasteiger partial charge in [0.2, 0.25) is 0 Å². The van der Waals surface area contributed by atoms with Gasteiger partial charge in [0.15, 0.2) is 0 Å². The molecule has 68 valence electrons. The van der Waals surface area contributed by atoms with Gasteiger partial charge < -0.3 is 11.5 Å². The third-order valence-electron chi connectivity index (χ3n) is 1.48. The van der Waals surface area contributed by atoms with Crippen LogP contribution in [0.1, 0.15) is 11.1 Å². The van der Waals surface area contributed by atoms with Crippen LogP contribution in [0.5, 0.6) is 0 Å². The second-order valence-corrected chi connectivity index (χ2v) is 2.53. The summed E-state index contributed by atoms with van der Waals surface area (Å²) in [7, 11) is 0. The number of nitrogen functional groups attached to an aromatic ring is 1. The molecule has 0 atom stereocenters. The van der Waals surface area contributed by atoms with E-state index in [0.717, 1.165) is 0 Å². The molecule has 0 aromatic heterocycles. The van der Waals surface area contributed by atoms with Gasteiger partial charge in [-0.15, -0.1) is 0 Å². The van der Waals surface area contributed by atoms with Crippen molar-refractivity contribution in [2.24, 2.45) is 5.73 Å². The van der Waals surface area contributed by atoms with Gasteiger partial charge in [0, 0.05) is 17.2 Å². The van der Waals surface area contributed by atoms with E-state index < -0.39 is 5.91 Å². The van der Waals surface area contributed by atoms with E-state index in [9.17, 15) is 4.79 Å². The quantitative estimate of drug-likeness (QED) is 0.439. The van der Waals surface area contributed by atoms with Crippen LogP contribution in [0.3, 0.4) is 0 Å². The number of anilines is 1. The molecule has 1 amide bonds. The van der Waals surface area contributed by atoms with Gasteiger partial charge >= 0.3 is 0 Å². The van der Waals surface area contributed by atoms with Crippen LogP contribution in [0.25, 0.3) is 0 Å². The minimum Gasteiger partial charge on any atom is -0.399 e. The van der Waals surface area contributed by atoms with Crippen molar-refractivity contribution in [1.82, 2.24) is 0 Å². The predicted octanol–water partition coefficient (Wildman–Crippen LogP) is -0.0227. The zero-order valence-corrected chi connectivity index (χ0v) is 7.24. The third-order valence-corrected chi connectivity index (χ3v) is 1.48. The topological polar surface area (TPSA) is 92.9 Å². The summed E-state index contributed by atoms with van der Waals surface area (Å²) in [4.78, 5) is 10.4. The first-order valence-electron chi connectivity index (χ1n) is 3.74. The average molecular weight is 185 g/mol. The molecule has 0 spiro atoms. The first kappa shape index (κ1) is 9.63. The van der Waals surface area contributed by atoms with Crippen molar-refractivity contribution in [2.45, 2.75) is 0 Å². The van der Waals surface area contributed by atoms with Crippen LogP contribution in [-0.4, -0.2) is 5.91 Å². The van der Waals surface area contributed by atoms with Crippen LogP contribution in [0.2, 0.25) is 0 Å². The van der Waals surface area contributed by atoms with Crippen LogP contribution in [0.15, 0.2) is 18.2 Å². The van der Waals surface area contributed by atoms with Crippen molar-refractivity contribution in [3.8, 4) is 17.9 Å². The van der Waals surface area contributed by atoms with Gasteiger partial charge in [0.1, 0.15) is 6.07 Å². The standard InChI is InChI=1S/C10H7N3O/c11-6-8-5-9(12)3-1-7(8)2-4-10(13)14/h1,3,5H,12H2,(H2,13,14). The van der Waals surface area contributed by atoms with Crippen molar-refractivity contribution in [1.29, 1.82) is 5.26 Å².